The van der Waals surface area contributed by atoms with Crippen molar-refractivity contribution in [3.05, 3.63) is 42.5 Å². The molecule has 0 saturated heterocycles. The second-order valence-electron chi connectivity index (χ2n) is 5.78. The van der Waals surface area contributed by atoms with Gasteiger partial charge in [-0.15, -0.1) is 24.0 Å². The summed E-state index contributed by atoms with van der Waals surface area (Å²) >= 11 is 0. The number of benzene rings is 1. The van der Waals surface area contributed by atoms with Crippen LogP contribution in [0, 0.1) is 0 Å². The lowest BCUT2D eigenvalue weighted by Crippen LogP contribution is -2.38. The zero-order chi connectivity index (χ0) is 17.3. The molecule has 2 N–H and O–H groups in total. The van der Waals surface area contributed by atoms with Gasteiger partial charge in [0.15, 0.2) is 17.5 Å². The maximum absolute atomic E-state index is 5.42. The van der Waals surface area contributed by atoms with E-state index in [1.807, 2.05) is 24.7 Å². The number of imidazole rings is 1. The molecule has 0 unspecified atom stereocenters. The molecule has 3 rings (SSSR count). The number of rotatable bonds is 8. The average molecular weight is 471 g/mol. The molecule has 1 aromatic heterocycles. The lowest BCUT2D eigenvalue weighted by molar-refractivity contribution is 0.174. The Kier molecular flexibility index (Phi) is 8.52. The van der Waals surface area contributed by atoms with Gasteiger partial charge in [-0.2, -0.15) is 0 Å². The summed E-state index contributed by atoms with van der Waals surface area (Å²) in [4.78, 5) is 8.66. The number of nitrogens with one attached hydrogen (secondary N) is 2. The van der Waals surface area contributed by atoms with Crippen molar-refractivity contribution >= 4 is 29.9 Å². The van der Waals surface area contributed by atoms with Crippen LogP contribution in [0.1, 0.15) is 18.9 Å². The maximum atomic E-state index is 5.42. The first-order valence-corrected chi connectivity index (χ1v) is 8.71. The molecule has 7 nitrogen and oxygen atoms in total. The van der Waals surface area contributed by atoms with Crippen LogP contribution in [0.25, 0.3) is 0 Å². The number of ether oxygens (including phenoxy) is 2. The molecule has 2 heterocycles. The Bertz CT molecular complexity index is 691. The van der Waals surface area contributed by atoms with Crippen LogP contribution in [0.15, 0.2) is 41.9 Å². The molecule has 0 fully saturated rings. The van der Waals surface area contributed by atoms with Crippen molar-refractivity contribution in [2.24, 2.45) is 4.99 Å². The standard InChI is InChI=1S/C18H25N5O2.HI/c1-2-20-18(21-7-3-10-23-11-9-19-13-23)22-8-6-15-4-5-16-17(12-15)25-14-24-16;/h4-5,9,11-13H,2-3,6-8,10,14H2,1H3,(H2,20,21,22);1H. The third-order valence-corrected chi connectivity index (χ3v) is 3.89. The van der Waals surface area contributed by atoms with Crippen molar-refractivity contribution in [3.8, 4) is 11.5 Å². The van der Waals surface area contributed by atoms with E-state index < -0.39 is 0 Å². The Morgan fingerprint density at radius 1 is 1.27 bits per heavy atom. The zero-order valence-corrected chi connectivity index (χ0v) is 17.3. The Balaban J connectivity index is 0.00000243. The quantitative estimate of drug-likeness (QED) is 0.268. The first kappa shape index (κ1) is 20.3. The van der Waals surface area contributed by atoms with Crippen molar-refractivity contribution in [1.29, 1.82) is 0 Å². The minimum Gasteiger partial charge on any atom is -0.454 e. The van der Waals surface area contributed by atoms with Gasteiger partial charge in [0, 0.05) is 38.6 Å². The fraction of sp³-hybridized carbons (Fsp3) is 0.444. The van der Waals surface area contributed by atoms with Crippen LogP contribution in [0.3, 0.4) is 0 Å². The molecular formula is C18H26IN5O2. The second-order valence-corrected chi connectivity index (χ2v) is 5.78. The minimum absolute atomic E-state index is 0. The van der Waals surface area contributed by atoms with E-state index in [2.05, 4.69) is 38.2 Å². The highest BCUT2D eigenvalue weighted by Crippen LogP contribution is 2.32. The van der Waals surface area contributed by atoms with E-state index in [4.69, 9.17) is 9.47 Å². The Hall–Kier alpha value is -1.97. The number of nitrogens with zero attached hydrogens (tertiary/aromatic N) is 3. The molecule has 0 spiro atoms. The summed E-state index contributed by atoms with van der Waals surface area (Å²) in [6, 6.07) is 6.08. The highest BCUT2D eigenvalue weighted by molar-refractivity contribution is 14.0. The van der Waals surface area contributed by atoms with Crippen LogP contribution < -0.4 is 20.1 Å². The van der Waals surface area contributed by atoms with Gasteiger partial charge >= 0.3 is 0 Å². The molecule has 0 bridgehead atoms. The molecule has 1 aliphatic heterocycles. The summed E-state index contributed by atoms with van der Waals surface area (Å²) in [5.41, 5.74) is 1.22. The van der Waals surface area contributed by atoms with E-state index in [0.29, 0.717) is 6.79 Å². The summed E-state index contributed by atoms with van der Waals surface area (Å²) in [5.74, 6) is 2.51. The molecule has 0 aliphatic carbocycles. The number of fused-ring (bicyclic) bond motifs is 1. The Labute approximate surface area is 171 Å². The summed E-state index contributed by atoms with van der Waals surface area (Å²) in [5, 5.41) is 6.66. The minimum atomic E-state index is 0. The third-order valence-electron chi connectivity index (χ3n) is 3.89. The number of aromatic nitrogens is 2. The Morgan fingerprint density at radius 3 is 2.96 bits per heavy atom. The maximum Gasteiger partial charge on any atom is 0.231 e. The van der Waals surface area contributed by atoms with Crippen LogP contribution in [-0.2, 0) is 13.0 Å². The fourth-order valence-corrected chi connectivity index (χ4v) is 2.63. The molecule has 1 aliphatic rings. The van der Waals surface area contributed by atoms with Gasteiger partial charge < -0.3 is 24.7 Å². The molecular weight excluding hydrogens is 445 g/mol. The second kappa shape index (κ2) is 10.9. The predicted molar refractivity (Wildman–Crippen MR) is 113 cm³/mol. The molecule has 142 valence electrons. The van der Waals surface area contributed by atoms with Gasteiger partial charge in [-0.05, 0) is 37.5 Å². The van der Waals surface area contributed by atoms with Crippen LogP contribution in [-0.4, -0.2) is 41.9 Å². The molecule has 0 atom stereocenters. The molecule has 0 amide bonds. The van der Waals surface area contributed by atoms with Gasteiger partial charge in [0.1, 0.15) is 0 Å². The van der Waals surface area contributed by atoms with E-state index in [-0.39, 0.29) is 24.0 Å². The number of halogens is 1. The van der Waals surface area contributed by atoms with Gasteiger partial charge in [-0.25, -0.2) is 4.98 Å². The van der Waals surface area contributed by atoms with Gasteiger partial charge in [-0.3, -0.25) is 4.99 Å². The first-order chi connectivity index (χ1) is 12.3. The summed E-state index contributed by atoms with van der Waals surface area (Å²) in [6.45, 7) is 5.75. The van der Waals surface area contributed by atoms with E-state index in [1.165, 1.54) is 5.56 Å². The van der Waals surface area contributed by atoms with Crippen LogP contribution in [0.5, 0.6) is 11.5 Å². The number of hydrogen-bond donors (Lipinski definition) is 2. The molecule has 8 heteroatoms. The molecule has 0 saturated carbocycles. The van der Waals surface area contributed by atoms with Crippen molar-refractivity contribution in [3.63, 3.8) is 0 Å². The predicted octanol–water partition coefficient (Wildman–Crippen LogP) is 2.42. The van der Waals surface area contributed by atoms with Crippen LogP contribution >= 0.6 is 24.0 Å². The summed E-state index contributed by atoms with van der Waals surface area (Å²) in [7, 11) is 0. The smallest absolute Gasteiger partial charge is 0.231 e. The fourth-order valence-electron chi connectivity index (χ4n) is 2.63. The van der Waals surface area contributed by atoms with Crippen LogP contribution in [0.4, 0.5) is 0 Å². The van der Waals surface area contributed by atoms with Gasteiger partial charge in [-0.1, -0.05) is 6.07 Å². The van der Waals surface area contributed by atoms with Crippen molar-refractivity contribution in [2.75, 3.05) is 26.4 Å². The SMILES string of the molecule is CCNC(=NCCCn1ccnc1)NCCc1ccc2c(c1)OCO2.I. The van der Waals surface area contributed by atoms with Gasteiger partial charge in [0.05, 0.1) is 6.33 Å². The van der Waals surface area contributed by atoms with E-state index in [0.717, 1.165) is 56.5 Å². The lowest BCUT2D eigenvalue weighted by Gasteiger charge is -2.11. The van der Waals surface area contributed by atoms with E-state index in [1.54, 1.807) is 6.20 Å². The van der Waals surface area contributed by atoms with Crippen molar-refractivity contribution in [1.82, 2.24) is 20.2 Å². The normalized spacial score (nSPS) is 12.6. The summed E-state index contributed by atoms with van der Waals surface area (Å²) < 4.78 is 12.8. The topological polar surface area (TPSA) is 72.7 Å². The van der Waals surface area contributed by atoms with Gasteiger partial charge in [0.2, 0.25) is 6.79 Å². The van der Waals surface area contributed by atoms with Crippen LogP contribution in [0.2, 0.25) is 0 Å². The largest absolute Gasteiger partial charge is 0.454 e. The molecule has 2 aromatic rings. The van der Waals surface area contributed by atoms with E-state index >= 15 is 0 Å². The first-order valence-electron chi connectivity index (χ1n) is 8.71. The zero-order valence-electron chi connectivity index (χ0n) is 15.0. The third kappa shape index (κ3) is 6.08. The number of guanidine groups is 1. The van der Waals surface area contributed by atoms with Crippen molar-refractivity contribution in [2.45, 2.75) is 26.3 Å². The number of aliphatic imine (C=N–C) groups is 1. The molecule has 26 heavy (non-hydrogen) atoms. The monoisotopic (exact) mass is 471 g/mol. The molecule has 0 radical (unpaired) electrons. The van der Waals surface area contributed by atoms with E-state index in [9.17, 15) is 0 Å². The number of hydrogen-bond acceptors (Lipinski definition) is 4. The average Bonchev–Trinajstić information content (AvgIpc) is 3.29. The van der Waals surface area contributed by atoms with Crippen molar-refractivity contribution < 1.29 is 9.47 Å². The highest BCUT2D eigenvalue weighted by Gasteiger charge is 2.12. The highest BCUT2D eigenvalue weighted by atomic mass is 127. The van der Waals surface area contributed by atoms with Gasteiger partial charge in [0.25, 0.3) is 0 Å². The Morgan fingerprint density at radius 2 is 2.15 bits per heavy atom. The summed E-state index contributed by atoms with van der Waals surface area (Å²) in [6.07, 6.45) is 7.48. The molecule has 1 aromatic carbocycles. The number of aryl methyl sites for hydroxylation is 1. The lowest BCUT2D eigenvalue weighted by atomic mass is 10.1.